The van der Waals surface area contributed by atoms with Gasteiger partial charge in [0.15, 0.2) is 0 Å². The third kappa shape index (κ3) is 6.70. The first kappa shape index (κ1) is 15.3. The van der Waals surface area contributed by atoms with E-state index in [0.717, 1.165) is 11.3 Å². The Morgan fingerprint density at radius 2 is 1.79 bits per heavy atom. The van der Waals surface area contributed by atoms with Gasteiger partial charge < -0.3 is 15.4 Å². The molecule has 0 aliphatic heterocycles. The summed E-state index contributed by atoms with van der Waals surface area (Å²) in [6.07, 6.45) is -0.392. The van der Waals surface area contributed by atoms with Crippen molar-refractivity contribution >= 4 is 11.8 Å². The number of rotatable bonds is 4. The van der Waals surface area contributed by atoms with Crippen LogP contribution in [-0.2, 0) is 11.3 Å². The van der Waals surface area contributed by atoms with Crippen molar-refractivity contribution in [2.45, 2.75) is 52.8 Å². The first-order chi connectivity index (χ1) is 8.76. The Balaban J connectivity index is 2.44. The van der Waals surface area contributed by atoms with Gasteiger partial charge in [0.05, 0.1) is 0 Å². The SMILES string of the molecule is CC(C)Nc1ccc(CNC(=O)OC(C)(C)C)cc1. The summed E-state index contributed by atoms with van der Waals surface area (Å²) in [5.41, 5.74) is 1.66. The molecule has 0 aliphatic rings. The average Bonchev–Trinajstić information content (AvgIpc) is 2.25. The molecule has 0 aromatic heterocycles. The largest absolute Gasteiger partial charge is 0.444 e. The second-order valence-corrected chi connectivity index (χ2v) is 5.85. The van der Waals surface area contributed by atoms with Crippen molar-refractivity contribution in [2.75, 3.05) is 5.32 Å². The van der Waals surface area contributed by atoms with E-state index in [1.165, 1.54) is 0 Å². The second-order valence-electron chi connectivity index (χ2n) is 5.85. The Hall–Kier alpha value is -1.71. The summed E-state index contributed by atoms with van der Waals surface area (Å²) in [5, 5.41) is 6.05. The fraction of sp³-hybridized carbons (Fsp3) is 0.533. The van der Waals surface area contributed by atoms with Crippen molar-refractivity contribution in [2.24, 2.45) is 0 Å². The molecular formula is C15H24N2O2. The van der Waals surface area contributed by atoms with Gasteiger partial charge in [0.25, 0.3) is 0 Å². The van der Waals surface area contributed by atoms with Gasteiger partial charge in [-0.3, -0.25) is 0 Å². The average molecular weight is 264 g/mol. The zero-order chi connectivity index (χ0) is 14.5. The van der Waals surface area contributed by atoms with Gasteiger partial charge in [0, 0.05) is 18.3 Å². The Bertz CT molecular complexity index is 405. The van der Waals surface area contributed by atoms with Gasteiger partial charge in [-0.1, -0.05) is 12.1 Å². The third-order valence-electron chi connectivity index (χ3n) is 2.25. The monoisotopic (exact) mass is 264 g/mol. The zero-order valence-corrected chi connectivity index (χ0v) is 12.4. The van der Waals surface area contributed by atoms with E-state index in [1.807, 2.05) is 45.0 Å². The highest BCUT2D eigenvalue weighted by atomic mass is 16.6. The van der Waals surface area contributed by atoms with Crippen LogP contribution in [0.1, 0.15) is 40.2 Å². The summed E-state index contributed by atoms with van der Waals surface area (Å²) in [4.78, 5) is 11.5. The van der Waals surface area contributed by atoms with Crippen molar-refractivity contribution in [3.63, 3.8) is 0 Å². The number of ether oxygens (including phenoxy) is 1. The molecule has 0 radical (unpaired) electrons. The Labute approximate surface area is 115 Å². The number of carbonyl (C=O) groups excluding carboxylic acids is 1. The van der Waals surface area contributed by atoms with Gasteiger partial charge in [-0.05, 0) is 52.3 Å². The minimum atomic E-state index is -0.463. The van der Waals surface area contributed by atoms with Crippen LogP contribution in [0, 0.1) is 0 Å². The van der Waals surface area contributed by atoms with Crippen LogP contribution in [0.2, 0.25) is 0 Å². The molecule has 0 spiro atoms. The molecule has 2 N–H and O–H groups in total. The predicted octanol–water partition coefficient (Wildman–Crippen LogP) is 3.53. The lowest BCUT2D eigenvalue weighted by molar-refractivity contribution is 0.0523. The molecule has 0 saturated carbocycles. The summed E-state index contributed by atoms with van der Waals surface area (Å²) in [6.45, 7) is 10.2. The molecule has 4 heteroatoms. The van der Waals surface area contributed by atoms with E-state index in [9.17, 15) is 4.79 Å². The predicted molar refractivity (Wildman–Crippen MR) is 78.3 cm³/mol. The molecule has 0 bridgehead atoms. The fourth-order valence-corrected chi connectivity index (χ4v) is 1.54. The topological polar surface area (TPSA) is 50.4 Å². The highest BCUT2D eigenvalue weighted by molar-refractivity contribution is 5.67. The number of anilines is 1. The summed E-state index contributed by atoms with van der Waals surface area (Å²) >= 11 is 0. The Morgan fingerprint density at radius 3 is 2.26 bits per heavy atom. The molecule has 0 saturated heterocycles. The minimum absolute atomic E-state index is 0.392. The number of carbonyl (C=O) groups is 1. The number of hydrogen-bond acceptors (Lipinski definition) is 3. The Kier molecular flexibility index (Phi) is 5.21. The first-order valence-electron chi connectivity index (χ1n) is 6.58. The maximum atomic E-state index is 11.5. The number of nitrogens with one attached hydrogen (secondary N) is 2. The number of hydrogen-bond donors (Lipinski definition) is 2. The van der Waals surface area contributed by atoms with Crippen molar-refractivity contribution in [1.29, 1.82) is 0 Å². The van der Waals surface area contributed by atoms with Crippen LogP contribution in [0.15, 0.2) is 24.3 Å². The molecule has 4 nitrogen and oxygen atoms in total. The lowest BCUT2D eigenvalue weighted by Crippen LogP contribution is -2.32. The van der Waals surface area contributed by atoms with Gasteiger partial charge in [-0.25, -0.2) is 4.79 Å². The van der Waals surface area contributed by atoms with Gasteiger partial charge in [-0.2, -0.15) is 0 Å². The van der Waals surface area contributed by atoms with E-state index in [-0.39, 0.29) is 0 Å². The number of benzene rings is 1. The molecule has 1 aromatic rings. The second kappa shape index (κ2) is 6.45. The van der Waals surface area contributed by atoms with E-state index in [1.54, 1.807) is 0 Å². The molecule has 1 rings (SSSR count). The van der Waals surface area contributed by atoms with Crippen molar-refractivity contribution in [3.05, 3.63) is 29.8 Å². The van der Waals surface area contributed by atoms with Gasteiger partial charge in [0.2, 0.25) is 0 Å². The summed E-state index contributed by atoms with van der Waals surface area (Å²) in [5.74, 6) is 0. The number of alkyl carbamates (subject to hydrolysis) is 1. The van der Waals surface area contributed by atoms with E-state index < -0.39 is 11.7 Å². The minimum Gasteiger partial charge on any atom is -0.444 e. The normalized spacial score (nSPS) is 11.3. The standard InChI is InChI=1S/C15H24N2O2/c1-11(2)17-13-8-6-12(7-9-13)10-16-14(18)19-15(3,4)5/h6-9,11,17H,10H2,1-5H3,(H,16,18). The van der Waals surface area contributed by atoms with Crippen molar-refractivity contribution in [1.82, 2.24) is 5.32 Å². The van der Waals surface area contributed by atoms with Gasteiger partial charge >= 0.3 is 6.09 Å². The van der Waals surface area contributed by atoms with Crippen LogP contribution in [0.5, 0.6) is 0 Å². The lowest BCUT2D eigenvalue weighted by atomic mass is 10.2. The molecule has 1 aromatic carbocycles. The van der Waals surface area contributed by atoms with Gasteiger partial charge in [0.1, 0.15) is 5.60 Å². The first-order valence-corrected chi connectivity index (χ1v) is 6.58. The lowest BCUT2D eigenvalue weighted by Gasteiger charge is -2.19. The summed E-state index contributed by atoms with van der Waals surface area (Å²) < 4.78 is 5.17. The molecule has 0 aliphatic carbocycles. The molecular weight excluding hydrogens is 240 g/mol. The zero-order valence-electron chi connectivity index (χ0n) is 12.4. The molecule has 19 heavy (non-hydrogen) atoms. The highest BCUT2D eigenvalue weighted by Gasteiger charge is 2.15. The summed E-state index contributed by atoms with van der Waals surface area (Å²) in [7, 11) is 0. The van der Waals surface area contributed by atoms with Crippen LogP contribution < -0.4 is 10.6 Å². The van der Waals surface area contributed by atoms with Crippen LogP contribution in [0.3, 0.4) is 0 Å². The van der Waals surface area contributed by atoms with Crippen molar-refractivity contribution < 1.29 is 9.53 Å². The molecule has 106 valence electrons. The van der Waals surface area contributed by atoms with Crippen LogP contribution >= 0.6 is 0 Å². The molecule has 0 fully saturated rings. The van der Waals surface area contributed by atoms with Crippen LogP contribution in [0.25, 0.3) is 0 Å². The summed E-state index contributed by atoms with van der Waals surface area (Å²) in [6, 6.07) is 8.40. The maximum Gasteiger partial charge on any atom is 0.407 e. The van der Waals surface area contributed by atoms with Crippen LogP contribution in [0.4, 0.5) is 10.5 Å². The quantitative estimate of drug-likeness (QED) is 0.874. The van der Waals surface area contributed by atoms with E-state index in [2.05, 4.69) is 24.5 Å². The fourth-order valence-electron chi connectivity index (χ4n) is 1.54. The maximum absolute atomic E-state index is 11.5. The third-order valence-corrected chi connectivity index (χ3v) is 2.25. The smallest absolute Gasteiger partial charge is 0.407 e. The molecule has 0 atom stereocenters. The van der Waals surface area contributed by atoms with E-state index >= 15 is 0 Å². The molecule has 0 unspecified atom stereocenters. The van der Waals surface area contributed by atoms with Crippen LogP contribution in [-0.4, -0.2) is 17.7 Å². The van der Waals surface area contributed by atoms with Gasteiger partial charge in [-0.15, -0.1) is 0 Å². The number of amides is 1. The van der Waals surface area contributed by atoms with Crippen molar-refractivity contribution in [3.8, 4) is 0 Å². The molecule has 0 heterocycles. The molecule has 1 amide bonds. The highest BCUT2D eigenvalue weighted by Crippen LogP contribution is 2.11. The Morgan fingerprint density at radius 1 is 1.21 bits per heavy atom. The van der Waals surface area contributed by atoms with E-state index in [0.29, 0.717) is 12.6 Å². The van der Waals surface area contributed by atoms with E-state index in [4.69, 9.17) is 4.74 Å².